The predicted octanol–water partition coefficient (Wildman–Crippen LogP) is 1.34. The fraction of sp³-hybridized carbons (Fsp3) is 0.467. The number of hydrogen-bond donors (Lipinski definition) is 1. The molecule has 0 heterocycles. The summed E-state index contributed by atoms with van der Waals surface area (Å²) < 4.78 is 25.5. The minimum absolute atomic E-state index is 0.0644. The third-order valence-electron chi connectivity index (χ3n) is 3.21. The number of aliphatic hydroxyl groups excluding tert-OH is 1. The van der Waals surface area contributed by atoms with Crippen LogP contribution in [0.3, 0.4) is 0 Å². The summed E-state index contributed by atoms with van der Waals surface area (Å²) in [5.74, 6) is 5.80. The minimum Gasteiger partial charge on any atom is -0.395 e. The second kappa shape index (κ2) is 6.40. The van der Waals surface area contributed by atoms with E-state index < -0.39 is 10.0 Å². The van der Waals surface area contributed by atoms with Crippen molar-refractivity contribution in [3.8, 4) is 11.8 Å². The summed E-state index contributed by atoms with van der Waals surface area (Å²) in [6, 6.07) is 7.53. The van der Waals surface area contributed by atoms with Gasteiger partial charge in [0.05, 0.1) is 11.9 Å². The maximum Gasteiger partial charge on any atom is 0.217 e. The van der Waals surface area contributed by atoms with Crippen molar-refractivity contribution >= 4 is 10.0 Å². The van der Waals surface area contributed by atoms with E-state index in [-0.39, 0.29) is 11.9 Å². The number of nitrogens with zero attached hydrogens (tertiary/aromatic N) is 1. The molecule has 1 aromatic carbocycles. The Kier molecular flexibility index (Phi) is 4.81. The van der Waals surface area contributed by atoms with Crippen molar-refractivity contribution < 1.29 is 13.5 Å². The summed E-state index contributed by atoms with van der Waals surface area (Å²) in [6.45, 7) is 0.456. The van der Waals surface area contributed by atoms with Gasteiger partial charge in [-0.1, -0.05) is 24.0 Å². The van der Waals surface area contributed by atoms with E-state index in [1.807, 2.05) is 24.3 Å². The molecule has 1 aliphatic carbocycles. The average molecular weight is 293 g/mol. The topological polar surface area (TPSA) is 57.6 Å². The SMILES string of the molecule is CN(Cc1ccc(C#CCCO)cc1)S(=O)(=O)C1CC1. The van der Waals surface area contributed by atoms with Gasteiger partial charge in [-0.2, -0.15) is 0 Å². The molecule has 0 saturated heterocycles. The van der Waals surface area contributed by atoms with E-state index in [0.29, 0.717) is 13.0 Å². The van der Waals surface area contributed by atoms with E-state index in [2.05, 4.69) is 11.8 Å². The van der Waals surface area contributed by atoms with E-state index >= 15 is 0 Å². The summed E-state index contributed by atoms with van der Waals surface area (Å²) in [5, 5.41) is 8.48. The molecular weight excluding hydrogens is 274 g/mol. The first-order valence-corrected chi connectivity index (χ1v) is 8.18. The number of aliphatic hydroxyl groups is 1. The Bertz CT molecular complexity index is 607. The van der Waals surface area contributed by atoms with Gasteiger partial charge in [-0.3, -0.25) is 0 Å². The highest BCUT2D eigenvalue weighted by Crippen LogP contribution is 2.30. The first kappa shape index (κ1) is 15.0. The summed E-state index contributed by atoms with van der Waals surface area (Å²) in [5.41, 5.74) is 1.82. The molecule has 1 aromatic rings. The normalized spacial score (nSPS) is 14.9. The van der Waals surface area contributed by atoms with Gasteiger partial charge in [0, 0.05) is 25.6 Å². The van der Waals surface area contributed by atoms with Crippen LogP contribution in [0.4, 0.5) is 0 Å². The first-order valence-electron chi connectivity index (χ1n) is 6.68. The molecule has 0 aromatic heterocycles. The van der Waals surface area contributed by atoms with Gasteiger partial charge < -0.3 is 5.11 Å². The molecule has 0 amide bonds. The molecule has 108 valence electrons. The molecule has 5 heteroatoms. The van der Waals surface area contributed by atoms with E-state index in [1.54, 1.807) is 7.05 Å². The Labute approximate surface area is 120 Å². The van der Waals surface area contributed by atoms with Gasteiger partial charge >= 0.3 is 0 Å². The lowest BCUT2D eigenvalue weighted by Crippen LogP contribution is -2.29. The van der Waals surface area contributed by atoms with Crippen LogP contribution >= 0.6 is 0 Å². The zero-order chi connectivity index (χ0) is 14.6. The van der Waals surface area contributed by atoms with Gasteiger partial charge in [-0.15, -0.1) is 0 Å². The molecule has 1 aliphatic rings. The van der Waals surface area contributed by atoms with Crippen LogP contribution in [0.2, 0.25) is 0 Å². The van der Waals surface area contributed by atoms with Gasteiger partial charge in [0.25, 0.3) is 0 Å². The fourth-order valence-corrected chi connectivity index (χ4v) is 3.45. The summed E-state index contributed by atoms with van der Waals surface area (Å²) in [6.07, 6.45) is 2.03. The highest BCUT2D eigenvalue weighted by atomic mass is 32.2. The predicted molar refractivity (Wildman–Crippen MR) is 78.4 cm³/mol. The summed E-state index contributed by atoms with van der Waals surface area (Å²) in [7, 11) is -1.49. The van der Waals surface area contributed by atoms with Crippen molar-refractivity contribution in [1.29, 1.82) is 0 Å². The molecule has 0 unspecified atom stereocenters. The van der Waals surface area contributed by atoms with Crippen molar-refractivity contribution in [1.82, 2.24) is 4.31 Å². The number of sulfonamides is 1. The van der Waals surface area contributed by atoms with Crippen LogP contribution in [0, 0.1) is 11.8 Å². The van der Waals surface area contributed by atoms with E-state index in [0.717, 1.165) is 24.0 Å². The van der Waals surface area contributed by atoms with Gasteiger partial charge in [0.2, 0.25) is 10.0 Å². The van der Waals surface area contributed by atoms with Crippen molar-refractivity contribution in [2.24, 2.45) is 0 Å². The van der Waals surface area contributed by atoms with Crippen molar-refractivity contribution in [3.05, 3.63) is 35.4 Å². The van der Waals surface area contributed by atoms with Crippen molar-refractivity contribution in [2.45, 2.75) is 31.1 Å². The third-order valence-corrected chi connectivity index (χ3v) is 5.52. The monoisotopic (exact) mass is 293 g/mol. The second-order valence-corrected chi connectivity index (χ2v) is 7.29. The first-order chi connectivity index (χ1) is 9.54. The quantitative estimate of drug-likeness (QED) is 0.834. The van der Waals surface area contributed by atoms with Gasteiger partial charge in [0.15, 0.2) is 0 Å². The molecular formula is C15H19NO3S. The smallest absolute Gasteiger partial charge is 0.217 e. The molecule has 4 nitrogen and oxygen atoms in total. The van der Waals surface area contributed by atoms with Crippen molar-refractivity contribution in [2.75, 3.05) is 13.7 Å². The number of benzene rings is 1. The van der Waals surface area contributed by atoms with Crippen LogP contribution in [0.1, 0.15) is 30.4 Å². The lowest BCUT2D eigenvalue weighted by molar-refractivity contribution is 0.305. The van der Waals surface area contributed by atoms with E-state index in [9.17, 15) is 8.42 Å². The number of rotatable bonds is 5. The third kappa shape index (κ3) is 3.83. The molecule has 1 fully saturated rings. The van der Waals surface area contributed by atoms with Gasteiger partial charge in [0.1, 0.15) is 0 Å². The zero-order valence-electron chi connectivity index (χ0n) is 11.5. The molecule has 0 aliphatic heterocycles. The zero-order valence-corrected chi connectivity index (χ0v) is 12.4. The Hall–Kier alpha value is -1.35. The van der Waals surface area contributed by atoms with Crippen LogP contribution in [-0.4, -0.2) is 36.7 Å². The molecule has 0 radical (unpaired) electrons. The molecule has 0 atom stereocenters. The maximum atomic E-state index is 12.0. The van der Waals surface area contributed by atoms with Crippen LogP contribution in [-0.2, 0) is 16.6 Å². The molecule has 1 N–H and O–H groups in total. The molecule has 0 bridgehead atoms. The van der Waals surface area contributed by atoms with E-state index in [1.165, 1.54) is 4.31 Å². The second-order valence-electron chi connectivity index (χ2n) is 4.97. The summed E-state index contributed by atoms with van der Waals surface area (Å²) >= 11 is 0. The average Bonchev–Trinajstić information content (AvgIpc) is 3.25. The highest BCUT2D eigenvalue weighted by molar-refractivity contribution is 7.90. The van der Waals surface area contributed by atoms with Crippen molar-refractivity contribution in [3.63, 3.8) is 0 Å². The van der Waals surface area contributed by atoms with Gasteiger partial charge in [-0.25, -0.2) is 12.7 Å². The molecule has 0 spiro atoms. The fourth-order valence-electron chi connectivity index (χ4n) is 1.88. The minimum atomic E-state index is -3.11. The summed E-state index contributed by atoms with van der Waals surface area (Å²) in [4.78, 5) is 0. The maximum absolute atomic E-state index is 12.0. The molecule has 2 rings (SSSR count). The Morgan fingerprint density at radius 3 is 2.50 bits per heavy atom. The van der Waals surface area contributed by atoms with Crippen LogP contribution < -0.4 is 0 Å². The lowest BCUT2D eigenvalue weighted by atomic mass is 10.1. The van der Waals surface area contributed by atoms with Crippen LogP contribution in [0.5, 0.6) is 0 Å². The Balaban J connectivity index is 1.99. The van der Waals surface area contributed by atoms with E-state index in [4.69, 9.17) is 5.11 Å². The highest BCUT2D eigenvalue weighted by Gasteiger charge is 2.38. The Morgan fingerprint density at radius 1 is 1.30 bits per heavy atom. The number of hydrogen-bond acceptors (Lipinski definition) is 3. The standard InChI is InChI=1S/C15H19NO3S/c1-16(20(18,19)15-9-10-15)12-14-7-5-13(6-8-14)4-2-3-11-17/h5-8,15,17H,3,9-12H2,1H3. The Morgan fingerprint density at radius 2 is 1.95 bits per heavy atom. The molecule has 20 heavy (non-hydrogen) atoms. The largest absolute Gasteiger partial charge is 0.395 e. The van der Waals surface area contributed by atoms with Crippen LogP contribution in [0.25, 0.3) is 0 Å². The van der Waals surface area contributed by atoms with Crippen LogP contribution in [0.15, 0.2) is 24.3 Å². The lowest BCUT2D eigenvalue weighted by Gasteiger charge is -2.16. The molecule has 1 saturated carbocycles. The van der Waals surface area contributed by atoms with Gasteiger partial charge in [-0.05, 0) is 30.5 Å².